The minimum Gasteiger partial charge on any atom is -0.458 e. The molecule has 1 heterocycles. The van der Waals surface area contributed by atoms with Crippen LogP contribution in [-0.4, -0.2) is 49.4 Å². The van der Waals surface area contributed by atoms with Gasteiger partial charge in [0.2, 0.25) is 0 Å². The highest BCUT2D eigenvalue weighted by molar-refractivity contribution is 5.87. The predicted molar refractivity (Wildman–Crippen MR) is 64.0 cm³/mol. The van der Waals surface area contributed by atoms with E-state index in [0.29, 0.717) is 13.2 Å². The highest BCUT2D eigenvalue weighted by Gasteiger charge is 2.28. The van der Waals surface area contributed by atoms with E-state index in [0.717, 1.165) is 0 Å². The number of hydrogen-bond donors (Lipinski definition) is 1. The Kier molecular flexibility index (Phi) is 5.10. The lowest BCUT2D eigenvalue weighted by Gasteiger charge is -2.25. The fourth-order valence-corrected chi connectivity index (χ4v) is 1.39. The third-order valence-corrected chi connectivity index (χ3v) is 2.23. The van der Waals surface area contributed by atoms with Crippen molar-refractivity contribution in [3.8, 4) is 0 Å². The molecule has 1 rings (SSSR count). The van der Waals surface area contributed by atoms with Crippen molar-refractivity contribution in [3.05, 3.63) is 0 Å². The number of hydrogen-bond acceptors (Lipinski definition) is 5. The van der Waals surface area contributed by atoms with Gasteiger partial charge in [0.15, 0.2) is 6.10 Å². The lowest BCUT2D eigenvalue weighted by molar-refractivity contribution is -0.161. The molecule has 1 N–H and O–H groups in total. The van der Waals surface area contributed by atoms with Crippen LogP contribution in [0.2, 0.25) is 0 Å². The molecular formula is C12H21NO5. The average Bonchev–Trinajstić information content (AvgIpc) is 2.27. The minimum absolute atomic E-state index is 0.215. The molecule has 6 heteroatoms. The molecular weight excluding hydrogens is 238 g/mol. The van der Waals surface area contributed by atoms with E-state index in [1.54, 1.807) is 27.7 Å². The standard InChI is InChI=1S/C12H21NO5/c1-8(11(15)18-12(2,3)4)13-10(14)9-7-16-5-6-17-9/h8-9H,5-7H2,1-4H3,(H,13,14)/t8-,9?/m1/s1. The van der Waals surface area contributed by atoms with E-state index in [-0.39, 0.29) is 12.5 Å². The summed E-state index contributed by atoms with van der Waals surface area (Å²) in [6.07, 6.45) is -0.649. The van der Waals surface area contributed by atoms with Crippen molar-refractivity contribution in [2.24, 2.45) is 0 Å². The van der Waals surface area contributed by atoms with Gasteiger partial charge in [-0.05, 0) is 27.7 Å². The third-order valence-electron chi connectivity index (χ3n) is 2.23. The van der Waals surface area contributed by atoms with Gasteiger partial charge in [-0.25, -0.2) is 4.79 Å². The number of ether oxygens (including phenoxy) is 3. The maximum Gasteiger partial charge on any atom is 0.328 e. The molecule has 104 valence electrons. The molecule has 0 saturated carbocycles. The summed E-state index contributed by atoms with van der Waals surface area (Å²) in [6.45, 7) is 8.00. The van der Waals surface area contributed by atoms with Crippen LogP contribution in [0.5, 0.6) is 0 Å². The van der Waals surface area contributed by atoms with Crippen LogP contribution in [0.25, 0.3) is 0 Å². The van der Waals surface area contributed by atoms with Crippen molar-refractivity contribution >= 4 is 11.9 Å². The van der Waals surface area contributed by atoms with Crippen molar-refractivity contribution in [1.82, 2.24) is 5.32 Å². The second-order valence-corrected chi connectivity index (χ2v) is 5.20. The molecule has 0 aromatic rings. The molecule has 1 aliphatic rings. The topological polar surface area (TPSA) is 73.9 Å². The van der Waals surface area contributed by atoms with Gasteiger partial charge < -0.3 is 19.5 Å². The zero-order chi connectivity index (χ0) is 13.8. The number of carbonyl (C=O) groups is 2. The van der Waals surface area contributed by atoms with Gasteiger partial charge in [0.25, 0.3) is 5.91 Å². The Morgan fingerprint density at radius 2 is 2.00 bits per heavy atom. The van der Waals surface area contributed by atoms with E-state index >= 15 is 0 Å². The largest absolute Gasteiger partial charge is 0.458 e. The maximum absolute atomic E-state index is 11.8. The van der Waals surface area contributed by atoms with Crippen LogP contribution < -0.4 is 5.32 Å². The Morgan fingerprint density at radius 3 is 2.50 bits per heavy atom. The summed E-state index contributed by atoms with van der Waals surface area (Å²) in [5.41, 5.74) is -0.569. The van der Waals surface area contributed by atoms with Crippen LogP contribution in [0.15, 0.2) is 0 Å². The molecule has 1 saturated heterocycles. The van der Waals surface area contributed by atoms with Gasteiger partial charge in [0.1, 0.15) is 11.6 Å². The van der Waals surface area contributed by atoms with E-state index in [1.165, 1.54) is 0 Å². The van der Waals surface area contributed by atoms with Gasteiger partial charge in [-0.3, -0.25) is 4.79 Å². The highest BCUT2D eigenvalue weighted by Crippen LogP contribution is 2.08. The van der Waals surface area contributed by atoms with Crippen LogP contribution in [0, 0.1) is 0 Å². The molecule has 0 aliphatic carbocycles. The van der Waals surface area contributed by atoms with Crippen LogP contribution in [0.1, 0.15) is 27.7 Å². The van der Waals surface area contributed by atoms with E-state index in [9.17, 15) is 9.59 Å². The van der Waals surface area contributed by atoms with Gasteiger partial charge in [-0.2, -0.15) is 0 Å². The fraction of sp³-hybridized carbons (Fsp3) is 0.833. The normalized spacial score (nSPS) is 22.1. The van der Waals surface area contributed by atoms with Gasteiger partial charge in [-0.15, -0.1) is 0 Å². The Balaban J connectivity index is 2.41. The number of amides is 1. The fourth-order valence-electron chi connectivity index (χ4n) is 1.39. The summed E-state index contributed by atoms with van der Waals surface area (Å²) in [4.78, 5) is 23.4. The number of nitrogens with one attached hydrogen (secondary N) is 1. The lowest BCUT2D eigenvalue weighted by atomic mass is 10.2. The third kappa shape index (κ3) is 5.01. The summed E-state index contributed by atoms with van der Waals surface area (Å²) in [7, 11) is 0. The van der Waals surface area contributed by atoms with Crippen LogP contribution >= 0.6 is 0 Å². The Labute approximate surface area is 107 Å². The molecule has 18 heavy (non-hydrogen) atoms. The predicted octanol–water partition coefficient (Wildman–Crippen LogP) is 0.248. The molecule has 1 amide bonds. The van der Waals surface area contributed by atoms with Gasteiger partial charge in [0.05, 0.1) is 19.8 Å². The van der Waals surface area contributed by atoms with Crippen molar-refractivity contribution in [3.63, 3.8) is 0 Å². The van der Waals surface area contributed by atoms with Crippen molar-refractivity contribution < 1.29 is 23.8 Å². The zero-order valence-corrected chi connectivity index (χ0v) is 11.3. The molecule has 0 radical (unpaired) electrons. The molecule has 2 atom stereocenters. The second-order valence-electron chi connectivity index (χ2n) is 5.20. The van der Waals surface area contributed by atoms with Crippen LogP contribution in [0.3, 0.4) is 0 Å². The maximum atomic E-state index is 11.8. The van der Waals surface area contributed by atoms with E-state index in [2.05, 4.69) is 5.32 Å². The first kappa shape index (κ1) is 14.9. The Morgan fingerprint density at radius 1 is 1.33 bits per heavy atom. The van der Waals surface area contributed by atoms with Gasteiger partial charge >= 0.3 is 5.97 Å². The molecule has 0 spiro atoms. The lowest BCUT2D eigenvalue weighted by Crippen LogP contribution is -2.49. The monoisotopic (exact) mass is 259 g/mol. The number of esters is 1. The average molecular weight is 259 g/mol. The molecule has 1 unspecified atom stereocenters. The summed E-state index contributed by atoms with van der Waals surface area (Å²) in [6, 6.07) is -0.706. The SMILES string of the molecule is C[C@@H](NC(=O)C1COCCO1)C(=O)OC(C)(C)C. The Hall–Kier alpha value is -1.14. The first-order valence-corrected chi connectivity index (χ1v) is 6.02. The first-order chi connectivity index (χ1) is 8.29. The summed E-state index contributed by atoms with van der Waals surface area (Å²) in [5, 5.41) is 2.55. The quantitative estimate of drug-likeness (QED) is 0.735. The number of carbonyl (C=O) groups excluding carboxylic acids is 2. The van der Waals surface area contributed by atoms with Gasteiger partial charge in [-0.1, -0.05) is 0 Å². The molecule has 6 nitrogen and oxygen atoms in total. The smallest absolute Gasteiger partial charge is 0.328 e. The van der Waals surface area contributed by atoms with Crippen molar-refractivity contribution in [1.29, 1.82) is 0 Å². The molecule has 1 fully saturated rings. The molecule has 0 bridgehead atoms. The summed E-state index contributed by atoms with van der Waals surface area (Å²) < 4.78 is 15.5. The van der Waals surface area contributed by atoms with Crippen LogP contribution in [-0.2, 0) is 23.8 Å². The molecule has 0 aromatic heterocycles. The minimum atomic E-state index is -0.706. The zero-order valence-electron chi connectivity index (χ0n) is 11.3. The van der Waals surface area contributed by atoms with E-state index in [1.807, 2.05) is 0 Å². The molecule has 0 aromatic carbocycles. The second kappa shape index (κ2) is 6.15. The highest BCUT2D eigenvalue weighted by atomic mass is 16.6. The van der Waals surface area contributed by atoms with E-state index in [4.69, 9.17) is 14.2 Å². The van der Waals surface area contributed by atoms with Crippen molar-refractivity contribution in [2.45, 2.75) is 45.4 Å². The Bertz CT molecular complexity index is 304. The van der Waals surface area contributed by atoms with Crippen molar-refractivity contribution in [2.75, 3.05) is 19.8 Å². The molecule has 1 aliphatic heterocycles. The van der Waals surface area contributed by atoms with Crippen LogP contribution in [0.4, 0.5) is 0 Å². The first-order valence-electron chi connectivity index (χ1n) is 6.02. The van der Waals surface area contributed by atoms with E-state index < -0.39 is 23.7 Å². The van der Waals surface area contributed by atoms with Gasteiger partial charge in [0, 0.05) is 0 Å². The summed E-state index contributed by atoms with van der Waals surface area (Å²) in [5.74, 6) is -0.819. The summed E-state index contributed by atoms with van der Waals surface area (Å²) >= 11 is 0. The number of rotatable bonds is 3.